The van der Waals surface area contributed by atoms with Crippen molar-refractivity contribution in [1.29, 1.82) is 0 Å². The molecular weight excluding hydrogens is 150 g/mol. The van der Waals surface area contributed by atoms with Crippen molar-refractivity contribution >= 4 is 5.71 Å². The number of nitrogens with zero attached hydrogens (tertiary/aromatic N) is 1. The Morgan fingerprint density at radius 3 is 2.50 bits per heavy atom. The number of hydrogen-bond acceptors (Lipinski definition) is 2. The van der Waals surface area contributed by atoms with Crippen molar-refractivity contribution in [2.75, 3.05) is 0 Å². The van der Waals surface area contributed by atoms with Crippen LogP contribution in [0.2, 0.25) is 0 Å². The predicted octanol–water partition coefficient (Wildman–Crippen LogP) is 1.71. The van der Waals surface area contributed by atoms with Gasteiger partial charge in [-0.2, -0.15) is 0 Å². The molecule has 1 aliphatic rings. The van der Waals surface area contributed by atoms with E-state index in [2.05, 4.69) is 11.6 Å². The quantitative estimate of drug-likeness (QED) is 0.630. The van der Waals surface area contributed by atoms with Gasteiger partial charge in [-0.25, -0.2) is 0 Å². The van der Waals surface area contributed by atoms with E-state index in [9.17, 15) is 5.11 Å². The largest absolute Gasteiger partial charge is 0.386 e. The van der Waals surface area contributed by atoms with Crippen LogP contribution in [0.4, 0.5) is 0 Å². The first-order valence-electron chi connectivity index (χ1n) is 4.10. The Kier molecular flexibility index (Phi) is 2.20. The summed E-state index contributed by atoms with van der Waals surface area (Å²) in [6.45, 7) is 9.39. The number of hydrogen-bond donors (Lipinski definition) is 1. The van der Waals surface area contributed by atoms with Gasteiger partial charge < -0.3 is 5.11 Å². The van der Waals surface area contributed by atoms with Crippen LogP contribution in [0.3, 0.4) is 0 Å². The van der Waals surface area contributed by atoms with E-state index in [1.54, 1.807) is 6.08 Å². The Balaban J connectivity index is 3.11. The van der Waals surface area contributed by atoms with Gasteiger partial charge in [0.15, 0.2) is 0 Å². The van der Waals surface area contributed by atoms with Gasteiger partial charge in [-0.15, -0.1) is 0 Å². The van der Waals surface area contributed by atoms with Crippen LogP contribution >= 0.6 is 0 Å². The molecule has 0 aromatic carbocycles. The maximum absolute atomic E-state index is 9.79. The smallest absolute Gasteiger partial charge is 0.105 e. The highest BCUT2D eigenvalue weighted by Crippen LogP contribution is 2.29. The van der Waals surface area contributed by atoms with E-state index < -0.39 is 11.6 Å². The first-order valence-corrected chi connectivity index (χ1v) is 4.10. The summed E-state index contributed by atoms with van der Waals surface area (Å²) < 4.78 is 0. The van der Waals surface area contributed by atoms with Crippen molar-refractivity contribution in [2.24, 2.45) is 4.99 Å². The molecular formula is C10H15NO. The molecule has 0 saturated carbocycles. The lowest BCUT2D eigenvalue weighted by Gasteiger charge is -2.19. The van der Waals surface area contributed by atoms with E-state index >= 15 is 0 Å². The van der Waals surface area contributed by atoms with Crippen LogP contribution in [0.1, 0.15) is 20.8 Å². The van der Waals surface area contributed by atoms with E-state index in [4.69, 9.17) is 0 Å². The third-order valence-corrected chi connectivity index (χ3v) is 2.17. The minimum atomic E-state index is -0.490. The Morgan fingerprint density at radius 1 is 1.58 bits per heavy atom. The second kappa shape index (κ2) is 2.87. The highest BCUT2D eigenvalue weighted by atomic mass is 16.3. The van der Waals surface area contributed by atoms with E-state index in [-0.39, 0.29) is 0 Å². The molecule has 0 amide bonds. The van der Waals surface area contributed by atoms with Gasteiger partial charge in [-0.05, 0) is 26.8 Å². The van der Waals surface area contributed by atoms with Crippen LogP contribution in [-0.2, 0) is 0 Å². The molecule has 12 heavy (non-hydrogen) atoms. The number of rotatable bonds is 1. The Bertz CT molecular complexity index is 261. The van der Waals surface area contributed by atoms with Gasteiger partial charge in [-0.3, -0.25) is 4.99 Å². The number of allylic oxidation sites excluding steroid dienone is 2. The van der Waals surface area contributed by atoms with E-state index in [1.807, 2.05) is 26.8 Å². The van der Waals surface area contributed by atoms with Crippen molar-refractivity contribution < 1.29 is 5.11 Å². The molecule has 1 atom stereocenters. The van der Waals surface area contributed by atoms with Crippen molar-refractivity contribution in [1.82, 2.24) is 0 Å². The molecule has 1 unspecified atom stereocenters. The van der Waals surface area contributed by atoms with Crippen LogP contribution in [0, 0.1) is 0 Å². The van der Waals surface area contributed by atoms with Crippen LogP contribution in [0.5, 0.6) is 0 Å². The maximum Gasteiger partial charge on any atom is 0.105 e. The van der Waals surface area contributed by atoms with E-state index in [0.29, 0.717) is 0 Å². The number of aliphatic imine (C=N–C) groups is 1. The summed E-state index contributed by atoms with van der Waals surface area (Å²) in [5, 5.41) is 9.79. The van der Waals surface area contributed by atoms with E-state index in [0.717, 1.165) is 11.3 Å². The molecule has 0 aliphatic carbocycles. The van der Waals surface area contributed by atoms with Crippen LogP contribution in [0.15, 0.2) is 29.3 Å². The molecule has 2 nitrogen and oxygen atoms in total. The molecule has 0 aromatic heterocycles. The van der Waals surface area contributed by atoms with Crippen molar-refractivity contribution in [3.63, 3.8) is 0 Å². The van der Waals surface area contributed by atoms with Crippen molar-refractivity contribution in [3.05, 3.63) is 24.3 Å². The lowest BCUT2D eigenvalue weighted by molar-refractivity contribution is 0.153. The molecule has 1 heterocycles. The minimum absolute atomic E-state index is 0.397. The molecule has 1 aliphatic heterocycles. The fraction of sp³-hybridized carbons (Fsp3) is 0.500. The molecule has 0 spiro atoms. The molecule has 2 heteroatoms. The van der Waals surface area contributed by atoms with Crippen molar-refractivity contribution in [3.8, 4) is 0 Å². The molecule has 1 rings (SSSR count). The molecule has 0 aromatic rings. The molecule has 0 radical (unpaired) electrons. The molecule has 0 saturated heterocycles. The van der Waals surface area contributed by atoms with Crippen LogP contribution in [-0.4, -0.2) is 22.5 Å². The average molecular weight is 165 g/mol. The third kappa shape index (κ3) is 1.23. The van der Waals surface area contributed by atoms with E-state index in [1.165, 1.54) is 0 Å². The molecule has 66 valence electrons. The Morgan fingerprint density at radius 2 is 2.17 bits per heavy atom. The van der Waals surface area contributed by atoms with Crippen LogP contribution < -0.4 is 0 Å². The SMILES string of the molecule is C=CC1=NC(C)(C)C(O)/C1=C/C. The van der Waals surface area contributed by atoms with Crippen molar-refractivity contribution in [2.45, 2.75) is 32.4 Å². The molecule has 1 N–H and O–H groups in total. The van der Waals surface area contributed by atoms with Gasteiger partial charge in [0.05, 0.1) is 11.3 Å². The number of aliphatic hydroxyl groups excluding tert-OH is 1. The first kappa shape index (κ1) is 9.20. The zero-order valence-corrected chi connectivity index (χ0v) is 7.83. The van der Waals surface area contributed by atoms with Gasteiger partial charge >= 0.3 is 0 Å². The zero-order valence-electron chi connectivity index (χ0n) is 7.83. The van der Waals surface area contributed by atoms with Gasteiger partial charge in [0.1, 0.15) is 6.10 Å². The summed E-state index contributed by atoms with van der Waals surface area (Å²) in [6.07, 6.45) is 3.09. The zero-order chi connectivity index (χ0) is 9.35. The van der Waals surface area contributed by atoms with Gasteiger partial charge in [0.2, 0.25) is 0 Å². The van der Waals surface area contributed by atoms with Crippen LogP contribution in [0.25, 0.3) is 0 Å². The second-order valence-corrected chi connectivity index (χ2v) is 3.50. The van der Waals surface area contributed by atoms with Gasteiger partial charge in [0, 0.05) is 5.57 Å². The Hall–Kier alpha value is -0.890. The summed E-state index contributed by atoms with van der Waals surface area (Å²) in [7, 11) is 0. The standard InChI is InChI=1S/C10H15NO/c1-5-7-8(6-2)11-10(3,4)9(7)12/h5-6,9,12H,2H2,1,3-4H3/b7-5+. The monoisotopic (exact) mass is 165 g/mol. The normalized spacial score (nSPS) is 30.5. The fourth-order valence-electron chi connectivity index (χ4n) is 1.43. The predicted molar refractivity (Wildman–Crippen MR) is 51.5 cm³/mol. The maximum atomic E-state index is 9.79. The summed E-state index contributed by atoms with van der Waals surface area (Å²) in [6, 6.07) is 0. The summed E-state index contributed by atoms with van der Waals surface area (Å²) in [4.78, 5) is 4.35. The third-order valence-electron chi connectivity index (χ3n) is 2.17. The number of aliphatic hydroxyl groups is 1. The first-order chi connectivity index (χ1) is 5.53. The molecule has 0 bridgehead atoms. The average Bonchev–Trinajstić information content (AvgIpc) is 2.24. The summed E-state index contributed by atoms with van der Waals surface area (Å²) in [5.74, 6) is 0. The topological polar surface area (TPSA) is 32.6 Å². The highest BCUT2D eigenvalue weighted by Gasteiger charge is 2.37. The lowest BCUT2D eigenvalue weighted by Crippen LogP contribution is -2.30. The lowest BCUT2D eigenvalue weighted by atomic mass is 9.94. The summed E-state index contributed by atoms with van der Waals surface area (Å²) >= 11 is 0. The summed E-state index contributed by atoms with van der Waals surface area (Å²) in [5.41, 5.74) is 1.30. The highest BCUT2D eigenvalue weighted by molar-refractivity contribution is 6.10. The fourth-order valence-corrected chi connectivity index (χ4v) is 1.43. The van der Waals surface area contributed by atoms with Gasteiger partial charge in [0.25, 0.3) is 0 Å². The second-order valence-electron chi connectivity index (χ2n) is 3.50. The minimum Gasteiger partial charge on any atom is -0.386 e. The van der Waals surface area contributed by atoms with Gasteiger partial charge in [-0.1, -0.05) is 12.7 Å². The molecule has 0 fully saturated rings. The Labute approximate surface area is 73.3 Å².